The fourth-order valence-electron chi connectivity index (χ4n) is 4.03. The lowest BCUT2D eigenvalue weighted by molar-refractivity contribution is -0.131. The number of nitrogens with one attached hydrogen (secondary N) is 1. The van der Waals surface area contributed by atoms with Crippen LogP contribution in [0.3, 0.4) is 0 Å². The zero-order valence-electron chi connectivity index (χ0n) is 15.2. The highest BCUT2D eigenvalue weighted by Crippen LogP contribution is 2.28. The summed E-state index contributed by atoms with van der Waals surface area (Å²) in [5, 5.41) is 7.33. The first-order chi connectivity index (χ1) is 11.6. The van der Waals surface area contributed by atoms with Gasteiger partial charge >= 0.3 is 0 Å². The Bertz CT molecular complexity index is 571. The van der Waals surface area contributed by atoms with Crippen molar-refractivity contribution >= 4 is 5.91 Å². The van der Waals surface area contributed by atoms with Gasteiger partial charge in [-0.3, -0.25) is 14.8 Å². The third kappa shape index (κ3) is 3.81. The molecule has 3 fully saturated rings. The lowest BCUT2D eigenvalue weighted by atomic mass is 9.95. The Labute approximate surface area is 144 Å². The molecule has 1 aromatic heterocycles. The van der Waals surface area contributed by atoms with Crippen LogP contribution in [-0.4, -0.2) is 71.8 Å². The lowest BCUT2D eigenvalue weighted by Gasteiger charge is -2.35. The van der Waals surface area contributed by atoms with E-state index in [9.17, 15) is 4.79 Å². The molecular weight excluding hydrogens is 304 g/mol. The fourth-order valence-corrected chi connectivity index (χ4v) is 4.03. The maximum atomic E-state index is 12.7. The maximum Gasteiger partial charge on any atom is 0.223 e. The Morgan fingerprint density at radius 1 is 1.29 bits per heavy atom. The predicted octanol–water partition coefficient (Wildman–Crippen LogP) is 1.53. The van der Waals surface area contributed by atoms with Gasteiger partial charge in [0.25, 0.3) is 0 Å². The smallest absolute Gasteiger partial charge is 0.223 e. The lowest BCUT2D eigenvalue weighted by Crippen LogP contribution is -2.45. The van der Waals surface area contributed by atoms with Crippen LogP contribution in [-0.2, 0) is 16.0 Å². The van der Waals surface area contributed by atoms with Gasteiger partial charge in [-0.2, -0.15) is 5.10 Å². The van der Waals surface area contributed by atoms with E-state index in [1.807, 2.05) is 6.92 Å². The van der Waals surface area contributed by atoms with Crippen LogP contribution in [0.25, 0.3) is 0 Å². The molecule has 0 aliphatic carbocycles. The number of H-pyrrole nitrogens is 1. The second-order valence-corrected chi connectivity index (χ2v) is 7.30. The first-order valence-electron chi connectivity index (χ1n) is 9.09. The average molecular weight is 334 g/mol. The molecule has 0 spiro atoms. The van der Waals surface area contributed by atoms with Gasteiger partial charge in [0.2, 0.25) is 5.91 Å². The van der Waals surface area contributed by atoms with Gasteiger partial charge in [0.15, 0.2) is 0 Å². The maximum absolute atomic E-state index is 12.7. The number of aromatic nitrogens is 2. The quantitative estimate of drug-likeness (QED) is 0.857. The van der Waals surface area contributed by atoms with Crippen molar-refractivity contribution < 1.29 is 9.53 Å². The van der Waals surface area contributed by atoms with Gasteiger partial charge in [0.05, 0.1) is 12.3 Å². The van der Waals surface area contributed by atoms with Gasteiger partial charge in [-0.05, 0) is 38.2 Å². The van der Waals surface area contributed by atoms with Crippen LogP contribution >= 0.6 is 0 Å². The van der Waals surface area contributed by atoms with Crippen LogP contribution in [0.1, 0.15) is 36.2 Å². The van der Waals surface area contributed by atoms with E-state index in [0.29, 0.717) is 18.4 Å². The number of aryl methyl sites for hydroxylation is 2. The van der Waals surface area contributed by atoms with Crippen LogP contribution in [0, 0.1) is 19.8 Å². The molecule has 1 N–H and O–H groups in total. The van der Waals surface area contributed by atoms with E-state index in [4.69, 9.17) is 4.74 Å². The van der Waals surface area contributed by atoms with Gasteiger partial charge in [0, 0.05) is 57.9 Å². The number of fused-ring (bicyclic) bond motifs is 4. The summed E-state index contributed by atoms with van der Waals surface area (Å²) in [7, 11) is 1.75. The minimum atomic E-state index is 0.278. The highest BCUT2D eigenvalue weighted by atomic mass is 16.5. The molecule has 2 atom stereocenters. The normalized spacial score (nSPS) is 24.4. The SMILES string of the molecule is COCCN1C[C@@H]2CC[C@H]1CN(C(=O)CCc1n[nH]c(C)c1C)C2. The van der Waals surface area contributed by atoms with E-state index < -0.39 is 0 Å². The monoisotopic (exact) mass is 334 g/mol. The van der Waals surface area contributed by atoms with E-state index in [1.165, 1.54) is 18.4 Å². The molecule has 4 heterocycles. The van der Waals surface area contributed by atoms with Gasteiger partial charge < -0.3 is 9.64 Å². The number of aromatic amines is 1. The number of piperidine rings is 1. The molecule has 2 bridgehead atoms. The molecule has 3 aliphatic rings. The number of nitrogens with zero attached hydrogens (tertiary/aromatic N) is 3. The standard InChI is InChI=1S/C18H30N4O2/c1-13-14(2)19-20-17(13)6-7-18(23)22-11-15-4-5-16(12-22)21(10-15)8-9-24-3/h15-16H,4-12H2,1-3H3,(H,19,20)/t15-,16-/m0/s1. The van der Waals surface area contributed by atoms with Crippen molar-refractivity contribution in [2.45, 2.75) is 45.6 Å². The first kappa shape index (κ1) is 17.4. The highest BCUT2D eigenvalue weighted by Gasteiger charge is 2.35. The van der Waals surface area contributed by atoms with Gasteiger partial charge in [-0.1, -0.05) is 0 Å². The van der Waals surface area contributed by atoms with E-state index in [-0.39, 0.29) is 5.91 Å². The number of rotatable bonds is 6. The van der Waals surface area contributed by atoms with Gasteiger partial charge in [-0.15, -0.1) is 0 Å². The zero-order chi connectivity index (χ0) is 17.1. The molecule has 0 aromatic carbocycles. The highest BCUT2D eigenvalue weighted by molar-refractivity contribution is 5.76. The Morgan fingerprint density at radius 3 is 2.83 bits per heavy atom. The molecule has 24 heavy (non-hydrogen) atoms. The molecule has 3 aliphatic heterocycles. The third-order valence-corrected chi connectivity index (χ3v) is 5.69. The Hall–Kier alpha value is -1.40. The Balaban J connectivity index is 1.57. The van der Waals surface area contributed by atoms with E-state index in [2.05, 4.69) is 26.9 Å². The first-order valence-corrected chi connectivity index (χ1v) is 9.09. The molecule has 0 radical (unpaired) electrons. The molecule has 6 heteroatoms. The van der Waals surface area contributed by atoms with Crippen molar-refractivity contribution in [1.29, 1.82) is 0 Å². The molecule has 6 nitrogen and oxygen atoms in total. The van der Waals surface area contributed by atoms with E-state index in [1.54, 1.807) is 7.11 Å². The number of ether oxygens (including phenoxy) is 1. The minimum absolute atomic E-state index is 0.278. The molecule has 4 rings (SSSR count). The van der Waals surface area contributed by atoms with Crippen molar-refractivity contribution in [2.24, 2.45) is 5.92 Å². The number of carbonyl (C=O) groups is 1. The van der Waals surface area contributed by atoms with E-state index >= 15 is 0 Å². The summed E-state index contributed by atoms with van der Waals surface area (Å²) >= 11 is 0. The van der Waals surface area contributed by atoms with Crippen molar-refractivity contribution in [1.82, 2.24) is 20.0 Å². The van der Waals surface area contributed by atoms with Crippen LogP contribution in [0.5, 0.6) is 0 Å². The number of amides is 1. The van der Waals surface area contributed by atoms with Crippen molar-refractivity contribution in [3.63, 3.8) is 0 Å². The number of methoxy groups -OCH3 is 1. The molecule has 3 saturated heterocycles. The molecule has 1 aromatic rings. The van der Waals surface area contributed by atoms with Crippen LogP contribution in [0.2, 0.25) is 0 Å². The number of carbonyl (C=O) groups excluding carboxylic acids is 1. The summed E-state index contributed by atoms with van der Waals surface area (Å²) in [6.45, 7) is 8.73. The summed E-state index contributed by atoms with van der Waals surface area (Å²) in [5.41, 5.74) is 3.31. The third-order valence-electron chi connectivity index (χ3n) is 5.69. The topological polar surface area (TPSA) is 61.5 Å². The molecular formula is C18H30N4O2. The Kier molecular flexibility index (Phi) is 5.56. The molecule has 0 saturated carbocycles. The van der Waals surface area contributed by atoms with Crippen molar-refractivity contribution in [3.8, 4) is 0 Å². The summed E-state index contributed by atoms with van der Waals surface area (Å²) in [6.07, 6.45) is 3.74. The van der Waals surface area contributed by atoms with Crippen LogP contribution in [0.4, 0.5) is 0 Å². The van der Waals surface area contributed by atoms with Crippen molar-refractivity contribution in [3.05, 3.63) is 17.0 Å². The number of hydrogen-bond acceptors (Lipinski definition) is 4. The summed E-state index contributed by atoms with van der Waals surface area (Å²) in [6, 6.07) is 0.497. The van der Waals surface area contributed by atoms with E-state index in [0.717, 1.165) is 50.6 Å². The number of hydrogen-bond donors (Lipinski definition) is 1. The minimum Gasteiger partial charge on any atom is -0.383 e. The average Bonchev–Trinajstić information content (AvgIpc) is 2.77. The van der Waals surface area contributed by atoms with Gasteiger partial charge in [0.1, 0.15) is 0 Å². The molecule has 0 unspecified atom stereocenters. The predicted molar refractivity (Wildman–Crippen MR) is 92.9 cm³/mol. The molecule has 1 amide bonds. The van der Waals surface area contributed by atoms with Crippen LogP contribution in [0.15, 0.2) is 0 Å². The zero-order valence-corrected chi connectivity index (χ0v) is 15.2. The second kappa shape index (κ2) is 7.66. The summed E-state index contributed by atoms with van der Waals surface area (Å²) in [4.78, 5) is 17.3. The summed E-state index contributed by atoms with van der Waals surface area (Å²) in [5.74, 6) is 0.888. The second-order valence-electron chi connectivity index (χ2n) is 7.30. The van der Waals surface area contributed by atoms with Gasteiger partial charge in [-0.25, -0.2) is 0 Å². The largest absolute Gasteiger partial charge is 0.383 e. The Morgan fingerprint density at radius 2 is 2.12 bits per heavy atom. The van der Waals surface area contributed by atoms with Crippen LogP contribution < -0.4 is 0 Å². The van der Waals surface area contributed by atoms with Crippen molar-refractivity contribution in [2.75, 3.05) is 39.9 Å². The fraction of sp³-hybridized carbons (Fsp3) is 0.778. The summed E-state index contributed by atoms with van der Waals surface area (Å²) < 4.78 is 5.24. The molecule has 134 valence electrons.